The Bertz CT molecular complexity index is 1240. The van der Waals surface area contributed by atoms with E-state index in [0.29, 0.717) is 28.2 Å². The van der Waals surface area contributed by atoms with Gasteiger partial charge in [-0.1, -0.05) is 35.5 Å². The van der Waals surface area contributed by atoms with Gasteiger partial charge in [0.1, 0.15) is 5.75 Å². The van der Waals surface area contributed by atoms with Crippen molar-refractivity contribution < 1.29 is 14.1 Å². The summed E-state index contributed by atoms with van der Waals surface area (Å²) in [4.78, 5) is 25.1. The summed E-state index contributed by atoms with van der Waals surface area (Å²) in [6.07, 6.45) is 0.889. The number of fused-ring (bicyclic) bond motifs is 1. The number of hydrogen-bond donors (Lipinski definition) is 1. The summed E-state index contributed by atoms with van der Waals surface area (Å²) in [6.45, 7) is 4.66. The Hall–Kier alpha value is -3.56. The number of carbonyl (C=O) groups is 1. The molecule has 8 nitrogen and oxygen atoms in total. The zero-order valence-electron chi connectivity index (χ0n) is 18.2. The maximum atomic E-state index is 12.7. The molecule has 1 amide bonds. The van der Waals surface area contributed by atoms with Crippen LogP contribution in [-0.2, 0) is 26.1 Å². The summed E-state index contributed by atoms with van der Waals surface area (Å²) in [5, 5.41) is 7.37. The second kappa shape index (κ2) is 9.51. The highest BCUT2D eigenvalue weighted by Crippen LogP contribution is 2.29. The first-order chi connectivity index (χ1) is 16.1. The molecule has 0 unspecified atom stereocenters. The molecule has 0 radical (unpaired) electrons. The van der Waals surface area contributed by atoms with Crippen LogP contribution < -0.4 is 10.1 Å². The van der Waals surface area contributed by atoms with Crippen LogP contribution in [0.1, 0.15) is 38.2 Å². The summed E-state index contributed by atoms with van der Waals surface area (Å²) in [7, 11) is 0. The highest BCUT2D eigenvalue weighted by molar-refractivity contribution is 7.15. The van der Waals surface area contributed by atoms with Crippen LogP contribution in [0.5, 0.6) is 5.75 Å². The van der Waals surface area contributed by atoms with Crippen LogP contribution >= 0.6 is 11.3 Å². The predicted molar refractivity (Wildman–Crippen MR) is 124 cm³/mol. The number of hydrogen-bond acceptors (Lipinski definition) is 8. The van der Waals surface area contributed by atoms with E-state index in [2.05, 4.69) is 49.6 Å². The molecule has 0 saturated carbocycles. The van der Waals surface area contributed by atoms with Gasteiger partial charge in [0.15, 0.2) is 11.7 Å². The number of nitrogens with one attached hydrogen (secondary N) is 1. The average molecular weight is 462 g/mol. The largest absolute Gasteiger partial charge is 0.485 e. The van der Waals surface area contributed by atoms with Gasteiger partial charge in [-0.15, -0.1) is 11.3 Å². The smallest absolute Gasteiger partial charge is 0.257 e. The van der Waals surface area contributed by atoms with Crippen molar-refractivity contribution in [3.63, 3.8) is 0 Å². The molecule has 168 valence electrons. The standard InChI is InChI=1S/C24H23N5O3S/c1-16-25-22(28-32-16)15-31-19-9-7-18(8-10-19)23(30)27-24-26-20-11-12-29(14-21(20)33-24)13-17-5-3-2-4-6-17/h2-10H,11-15H2,1H3,(H,26,27,30). The van der Waals surface area contributed by atoms with Crippen LogP contribution in [-0.4, -0.2) is 32.5 Å². The molecule has 5 rings (SSSR count). The highest BCUT2D eigenvalue weighted by atomic mass is 32.1. The van der Waals surface area contributed by atoms with E-state index in [4.69, 9.17) is 9.26 Å². The van der Waals surface area contributed by atoms with E-state index in [0.717, 1.165) is 31.7 Å². The van der Waals surface area contributed by atoms with E-state index in [1.807, 2.05) is 6.07 Å². The van der Waals surface area contributed by atoms with Crippen LogP contribution in [0.3, 0.4) is 0 Å². The van der Waals surface area contributed by atoms with Crippen molar-refractivity contribution in [3.8, 4) is 5.75 Å². The lowest BCUT2D eigenvalue weighted by molar-refractivity contribution is 0.102. The molecule has 2 aromatic carbocycles. The van der Waals surface area contributed by atoms with Crippen LogP contribution in [0.15, 0.2) is 59.1 Å². The van der Waals surface area contributed by atoms with Crippen molar-refractivity contribution in [2.75, 3.05) is 11.9 Å². The summed E-state index contributed by atoms with van der Waals surface area (Å²) in [6, 6.07) is 17.4. The quantitative estimate of drug-likeness (QED) is 0.440. The fourth-order valence-electron chi connectivity index (χ4n) is 3.70. The predicted octanol–water partition coefficient (Wildman–Crippen LogP) is 4.22. The number of benzene rings is 2. The number of ether oxygens (including phenoxy) is 1. The Balaban J connectivity index is 1.17. The minimum atomic E-state index is -0.192. The molecule has 1 N–H and O–H groups in total. The maximum Gasteiger partial charge on any atom is 0.257 e. The Labute approximate surface area is 195 Å². The lowest BCUT2D eigenvalue weighted by Gasteiger charge is -2.25. The Morgan fingerprint density at radius 3 is 2.73 bits per heavy atom. The van der Waals surface area contributed by atoms with Gasteiger partial charge in [-0.05, 0) is 29.8 Å². The maximum absolute atomic E-state index is 12.7. The van der Waals surface area contributed by atoms with E-state index in [1.54, 1.807) is 42.5 Å². The molecular formula is C24H23N5O3S. The lowest BCUT2D eigenvalue weighted by Crippen LogP contribution is -2.29. The Morgan fingerprint density at radius 2 is 1.97 bits per heavy atom. The molecule has 1 aliphatic heterocycles. The van der Waals surface area contributed by atoms with E-state index in [9.17, 15) is 4.79 Å². The van der Waals surface area contributed by atoms with Gasteiger partial charge in [0.2, 0.25) is 11.7 Å². The first-order valence-electron chi connectivity index (χ1n) is 10.7. The minimum absolute atomic E-state index is 0.192. The third-order valence-electron chi connectivity index (χ3n) is 5.33. The van der Waals surface area contributed by atoms with Crippen molar-refractivity contribution in [1.82, 2.24) is 20.0 Å². The van der Waals surface area contributed by atoms with Crippen molar-refractivity contribution in [2.45, 2.75) is 33.0 Å². The SMILES string of the molecule is Cc1nc(COc2ccc(C(=O)Nc3nc4c(s3)CN(Cc3ccccc3)CC4)cc2)no1. The zero-order chi connectivity index (χ0) is 22.6. The van der Waals surface area contributed by atoms with Gasteiger partial charge >= 0.3 is 0 Å². The third kappa shape index (κ3) is 5.27. The molecule has 1 aliphatic rings. The number of rotatable bonds is 7. The van der Waals surface area contributed by atoms with Crippen LogP contribution in [0.4, 0.5) is 5.13 Å². The Morgan fingerprint density at radius 1 is 1.15 bits per heavy atom. The van der Waals surface area contributed by atoms with Crippen molar-refractivity contribution in [3.05, 3.63) is 88.0 Å². The average Bonchev–Trinajstić information content (AvgIpc) is 3.43. The first-order valence-corrected chi connectivity index (χ1v) is 11.5. The number of nitrogens with zero attached hydrogens (tertiary/aromatic N) is 4. The number of aryl methyl sites for hydroxylation is 1. The summed E-state index contributed by atoms with van der Waals surface area (Å²) in [5.41, 5.74) is 2.93. The Kier molecular flexibility index (Phi) is 6.14. The number of aromatic nitrogens is 3. The first kappa shape index (κ1) is 21.3. The van der Waals surface area contributed by atoms with Crippen molar-refractivity contribution in [2.24, 2.45) is 0 Å². The number of amides is 1. The zero-order valence-corrected chi connectivity index (χ0v) is 19.0. The van der Waals surface area contributed by atoms with E-state index >= 15 is 0 Å². The minimum Gasteiger partial charge on any atom is -0.485 e. The van der Waals surface area contributed by atoms with Gasteiger partial charge in [0.25, 0.3) is 5.91 Å². The molecule has 0 fully saturated rings. The summed E-state index contributed by atoms with van der Waals surface area (Å²) >= 11 is 1.55. The molecule has 9 heteroatoms. The second-order valence-corrected chi connectivity index (χ2v) is 8.92. The molecule has 0 saturated heterocycles. The lowest BCUT2D eigenvalue weighted by atomic mass is 10.1. The van der Waals surface area contributed by atoms with Crippen LogP contribution in [0.2, 0.25) is 0 Å². The van der Waals surface area contributed by atoms with Crippen molar-refractivity contribution >= 4 is 22.4 Å². The molecule has 0 aliphatic carbocycles. The van der Waals surface area contributed by atoms with Gasteiger partial charge in [-0.2, -0.15) is 4.98 Å². The highest BCUT2D eigenvalue weighted by Gasteiger charge is 2.21. The molecule has 4 aromatic rings. The number of anilines is 1. The molecule has 0 bridgehead atoms. The van der Waals surface area contributed by atoms with Gasteiger partial charge in [-0.25, -0.2) is 4.98 Å². The fourth-order valence-corrected chi connectivity index (χ4v) is 4.74. The third-order valence-corrected chi connectivity index (χ3v) is 6.33. The molecular weight excluding hydrogens is 438 g/mol. The molecule has 3 heterocycles. The monoisotopic (exact) mass is 461 g/mol. The van der Waals surface area contributed by atoms with E-state index < -0.39 is 0 Å². The molecule has 33 heavy (non-hydrogen) atoms. The topological polar surface area (TPSA) is 93.4 Å². The normalized spacial score (nSPS) is 13.5. The number of thiazole rings is 1. The van der Waals surface area contributed by atoms with Gasteiger partial charge in [0.05, 0.1) is 5.69 Å². The van der Waals surface area contributed by atoms with Gasteiger partial charge < -0.3 is 9.26 Å². The van der Waals surface area contributed by atoms with Crippen LogP contribution in [0.25, 0.3) is 0 Å². The van der Waals surface area contributed by atoms with Crippen LogP contribution in [0, 0.1) is 6.92 Å². The van der Waals surface area contributed by atoms with Crippen molar-refractivity contribution in [1.29, 1.82) is 0 Å². The molecule has 0 atom stereocenters. The second-order valence-electron chi connectivity index (χ2n) is 7.83. The van der Waals surface area contributed by atoms with E-state index in [1.165, 1.54) is 10.4 Å². The molecule has 2 aromatic heterocycles. The van der Waals surface area contributed by atoms with E-state index in [-0.39, 0.29) is 12.5 Å². The molecule has 0 spiro atoms. The summed E-state index contributed by atoms with van der Waals surface area (Å²) in [5.74, 6) is 1.40. The number of carbonyl (C=O) groups excluding carboxylic acids is 1. The van der Waals surface area contributed by atoms with Gasteiger partial charge in [0, 0.05) is 43.4 Å². The van der Waals surface area contributed by atoms with Gasteiger partial charge in [-0.3, -0.25) is 15.0 Å². The fraction of sp³-hybridized carbons (Fsp3) is 0.250. The summed E-state index contributed by atoms with van der Waals surface area (Å²) < 4.78 is 10.6.